The SMILES string of the molecule is NC1=NC2(CCCCC2)N(c2cccc(-c3cc(C(=O)O)c4cc(Cl)ccc4n3)c2)C(N)=N1. The van der Waals surface area contributed by atoms with E-state index < -0.39 is 11.6 Å². The van der Waals surface area contributed by atoms with Gasteiger partial charge in [0.25, 0.3) is 0 Å². The molecule has 2 aromatic carbocycles. The highest BCUT2D eigenvalue weighted by molar-refractivity contribution is 6.31. The van der Waals surface area contributed by atoms with Crippen LogP contribution >= 0.6 is 11.6 Å². The molecule has 0 bridgehead atoms. The molecule has 168 valence electrons. The molecule has 0 saturated heterocycles. The fraction of sp³-hybridized carbons (Fsp3) is 0.250. The molecule has 0 atom stereocenters. The number of carboxylic acid groups (broad SMARTS) is 1. The number of halogens is 1. The summed E-state index contributed by atoms with van der Waals surface area (Å²) in [5, 5.41) is 10.7. The Morgan fingerprint density at radius 2 is 1.85 bits per heavy atom. The number of guanidine groups is 2. The van der Waals surface area contributed by atoms with Gasteiger partial charge in [-0.2, -0.15) is 4.99 Å². The van der Waals surface area contributed by atoms with Crippen LogP contribution in [0.15, 0.2) is 58.5 Å². The number of fused-ring (bicyclic) bond motifs is 1. The third kappa shape index (κ3) is 3.76. The van der Waals surface area contributed by atoms with Crippen molar-refractivity contribution in [2.75, 3.05) is 4.90 Å². The van der Waals surface area contributed by atoms with Gasteiger partial charge < -0.3 is 16.6 Å². The summed E-state index contributed by atoms with van der Waals surface area (Å²) in [5.74, 6) is -0.544. The van der Waals surface area contributed by atoms with Gasteiger partial charge in [-0.25, -0.2) is 14.8 Å². The van der Waals surface area contributed by atoms with Crippen molar-refractivity contribution in [3.05, 3.63) is 59.1 Å². The first kappa shape index (κ1) is 21.2. The summed E-state index contributed by atoms with van der Waals surface area (Å²) in [4.78, 5) is 27.6. The Morgan fingerprint density at radius 3 is 2.61 bits per heavy atom. The molecule has 3 aromatic rings. The smallest absolute Gasteiger partial charge is 0.336 e. The molecule has 0 unspecified atom stereocenters. The Balaban J connectivity index is 1.63. The fourth-order valence-electron chi connectivity index (χ4n) is 4.82. The standard InChI is InChI=1S/C24H23ClN6O2/c25-15-7-8-19-17(12-15)18(21(32)33)13-20(28-19)14-5-4-6-16(11-14)31-23(27)29-22(26)30-24(31)9-2-1-3-10-24/h4-8,11-13H,1-3,9-10H2,(H,32,33)(H4,26,27,29,30). The van der Waals surface area contributed by atoms with E-state index >= 15 is 0 Å². The maximum Gasteiger partial charge on any atom is 0.336 e. The van der Waals surface area contributed by atoms with Gasteiger partial charge in [-0.15, -0.1) is 0 Å². The molecule has 0 amide bonds. The van der Waals surface area contributed by atoms with Crippen LogP contribution in [0.3, 0.4) is 0 Å². The molecule has 1 aliphatic heterocycles. The first-order valence-corrected chi connectivity index (χ1v) is 11.2. The lowest BCUT2D eigenvalue weighted by Gasteiger charge is -2.45. The number of hydrogen-bond donors (Lipinski definition) is 3. The predicted octanol–water partition coefficient (Wildman–Crippen LogP) is 4.36. The molecular weight excluding hydrogens is 440 g/mol. The van der Waals surface area contributed by atoms with Crippen LogP contribution in [0.1, 0.15) is 42.5 Å². The van der Waals surface area contributed by atoms with Crippen molar-refractivity contribution < 1.29 is 9.90 Å². The molecule has 1 spiro atoms. The van der Waals surface area contributed by atoms with Crippen molar-refractivity contribution in [1.29, 1.82) is 0 Å². The molecule has 8 nitrogen and oxygen atoms in total. The van der Waals surface area contributed by atoms with Crippen molar-refractivity contribution in [3.63, 3.8) is 0 Å². The maximum absolute atomic E-state index is 12.0. The lowest BCUT2D eigenvalue weighted by molar-refractivity contribution is 0.0699. The zero-order valence-corrected chi connectivity index (χ0v) is 18.6. The Kier molecular flexibility index (Phi) is 5.17. The molecule has 9 heteroatoms. The van der Waals surface area contributed by atoms with E-state index in [0.29, 0.717) is 27.6 Å². The summed E-state index contributed by atoms with van der Waals surface area (Å²) in [5.41, 5.74) is 14.6. The number of nitrogens with two attached hydrogens (primary N) is 2. The van der Waals surface area contributed by atoms with E-state index in [0.717, 1.165) is 43.4 Å². The van der Waals surface area contributed by atoms with Crippen LogP contribution in [0.5, 0.6) is 0 Å². The monoisotopic (exact) mass is 462 g/mol. The largest absolute Gasteiger partial charge is 0.478 e. The summed E-state index contributed by atoms with van der Waals surface area (Å²) < 4.78 is 0. The van der Waals surface area contributed by atoms with Gasteiger partial charge in [0.15, 0.2) is 0 Å². The summed E-state index contributed by atoms with van der Waals surface area (Å²) in [6.07, 6.45) is 4.84. The van der Waals surface area contributed by atoms with E-state index in [1.165, 1.54) is 0 Å². The van der Waals surface area contributed by atoms with Crippen LogP contribution in [0.4, 0.5) is 5.69 Å². The lowest BCUT2D eigenvalue weighted by atomic mass is 9.87. The van der Waals surface area contributed by atoms with Crippen LogP contribution in [-0.4, -0.2) is 33.6 Å². The molecule has 1 fully saturated rings. The molecule has 1 saturated carbocycles. The highest BCUT2D eigenvalue weighted by Gasteiger charge is 2.42. The molecule has 2 aliphatic rings. The van der Waals surface area contributed by atoms with Crippen LogP contribution in [0.25, 0.3) is 22.2 Å². The number of aromatic carboxylic acids is 1. The zero-order chi connectivity index (χ0) is 23.2. The second kappa shape index (κ2) is 8.04. The molecule has 33 heavy (non-hydrogen) atoms. The summed E-state index contributed by atoms with van der Waals surface area (Å²) in [7, 11) is 0. The van der Waals surface area contributed by atoms with Crippen LogP contribution in [0, 0.1) is 0 Å². The van der Waals surface area contributed by atoms with Gasteiger partial charge in [0.1, 0.15) is 5.66 Å². The normalized spacial score (nSPS) is 17.7. The molecule has 2 heterocycles. The second-order valence-corrected chi connectivity index (χ2v) is 8.83. The van der Waals surface area contributed by atoms with Crippen molar-refractivity contribution >= 4 is 46.1 Å². The Hall–Kier alpha value is -3.65. The highest BCUT2D eigenvalue weighted by atomic mass is 35.5. The first-order chi connectivity index (χ1) is 15.9. The van der Waals surface area contributed by atoms with Gasteiger partial charge in [-0.1, -0.05) is 30.2 Å². The van der Waals surface area contributed by atoms with Crippen molar-refractivity contribution in [3.8, 4) is 11.3 Å². The van der Waals surface area contributed by atoms with Crippen molar-refractivity contribution in [1.82, 2.24) is 4.98 Å². The number of pyridine rings is 1. The second-order valence-electron chi connectivity index (χ2n) is 8.39. The van der Waals surface area contributed by atoms with Crippen LogP contribution in [0.2, 0.25) is 5.02 Å². The van der Waals surface area contributed by atoms with E-state index in [2.05, 4.69) is 4.99 Å². The van der Waals surface area contributed by atoms with Gasteiger partial charge in [0.2, 0.25) is 11.9 Å². The highest BCUT2D eigenvalue weighted by Crippen LogP contribution is 2.40. The fourth-order valence-corrected chi connectivity index (χ4v) is 4.99. The van der Waals surface area contributed by atoms with E-state index in [1.54, 1.807) is 24.3 Å². The molecule has 5 rings (SSSR count). The van der Waals surface area contributed by atoms with Gasteiger partial charge in [0.05, 0.1) is 16.8 Å². The Bertz CT molecular complexity index is 1330. The minimum atomic E-state index is -1.04. The molecule has 1 aromatic heterocycles. The number of anilines is 1. The molecule has 0 radical (unpaired) electrons. The molecule has 5 N–H and O–H groups in total. The maximum atomic E-state index is 12.0. The van der Waals surface area contributed by atoms with Gasteiger partial charge >= 0.3 is 5.97 Å². The number of benzene rings is 2. The number of hydrogen-bond acceptors (Lipinski definition) is 7. The quantitative estimate of drug-likeness (QED) is 0.530. The number of nitrogens with zero attached hydrogens (tertiary/aromatic N) is 4. The number of rotatable bonds is 3. The number of aliphatic imine (C=N–C) groups is 2. The zero-order valence-electron chi connectivity index (χ0n) is 17.8. The number of aromatic nitrogens is 1. The average Bonchev–Trinajstić information content (AvgIpc) is 2.78. The van der Waals surface area contributed by atoms with E-state index in [-0.39, 0.29) is 11.5 Å². The lowest BCUT2D eigenvalue weighted by Crippen LogP contribution is -2.58. The van der Waals surface area contributed by atoms with Crippen LogP contribution < -0.4 is 16.4 Å². The summed E-state index contributed by atoms with van der Waals surface area (Å²) in [6, 6.07) is 14.3. The van der Waals surface area contributed by atoms with Crippen LogP contribution in [-0.2, 0) is 0 Å². The molecule has 1 aliphatic carbocycles. The predicted molar refractivity (Wildman–Crippen MR) is 131 cm³/mol. The Labute approximate surface area is 195 Å². The van der Waals surface area contributed by atoms with Crippen molar-refractivity contribution in [2.45, 2.75) is 37.8 Å². The molecular formula is C24H23ClN6O2. The number of carboxylic acids is 1. The van der Waals surface area contributed by atoms with Gasteiger partial charge in [-0.3, -0.25) is 4.90 Å². The van der Waals surface area contributed by atoms with E-state index in [4.69, 9.17) is 33.0 Å². The van der Waals surface area contributed by atoms with Crippen molar-refractivity contribution in [2.24, 2.45) is 21.5 Å². The summed E-state index contributed by atoms with van der Waals surface area (Å²) >= 11 is 6.08. The van der Waals surface area contributed by atoms with Gasteiger partial charge in [-0.05, 0) is 62.1 Å². The average molecular weight is 463 g/mol. The third-order valence-electron chi connectivity index (χ3n) is 6.25. The number of carbonyl (C=O) groups is 1. The summed E-state index contributed by atoms with van der Waals surface area (Å²) in [6.45, 7) is 0. The Morgan fingerprint density at radius 1 is 1.06 bits per heavy atom. The van der Waals surface area contributed by atoms with E-state index in [9.17, 15) is 9.90 Å². The topological polar surface area (TPSA) is 130 Å². The first-order valence-electron chi connectivity index (χ1n) is 10.8. The van der Waals surface area contributed by atoms with Gasteiger partial charge in [0, 0.05) is 21.7 Å². The minimum absolute atomic E-state index is 0.142. The minimum Gasteiger partial charge on any atom is -0.478 e. The third-order valence-corrected chi connectivity index (χ3v) is 6.49. The van der Waals surface area contributed by atoms with E-state index in [1.807, 2.05) is 29.2 Å².